The van der Waals surface area contributed by atoms with Crippen molar-refractivity contribution in [2.75, 3.05) is 19.8 Å². The number of aliphatic carboxylic acids is 1. The van der Waals surface area contributed by atoms with Crippen molar-refractivity contribution < 1.29 is 32.7 Å². The Kier molecular flexibility index (Phi) is 11.9. The lowest BCUT2D eigenvalue weighted by Gasteiger charge is -2.28. The van der Waals surface area contributed by atoms with Crippen molar-refractivity contribution >= 4 is 20.7 Å². The van der Waals surface area contributed by atoms with Gasteiger partial charge < -0.3 is 23.1 Å². The van der Waals surface area contributed by atoms with Crippen LogP contribution in [0.5, 0.6) is 0 Å². The highest BCUT2D eigenvalue weighted by Gasteiger charge is 2.40. The minimum Gasteiger partial charge on any atom is -0.481 e. The van der Waals surface area contributed by atoms with Gasteiger partial charge in [0.25, 0.3) is 0 Å². The molecule has 0 spiro atoms. The monoisotopic (exact) mass is 364 g/mol. The minimum atomic E-state index is -2.82. The van der Waals surface area contributed by atoms with Gasteiger partial charge in [-0.15, -0.1) is 0 Å². The van der Waals surface area contributed by atoms with Crippen LogP contribution in [0.1, 0.15) is 53.9 Å². The van der Waals surface area contributed by atoms with Crippen LogP contribution in [0.3, 0.4) is 0 Å². The van der Waals surface area contributed by atoms with E-state index in [4.69, 9.17) is 18.0 Å². The van der Waals surface area contributed by atoms with E-state index in [0.717, 1.165) is 0 Å². The highest BCUT2D eigenvalue weighted by Crippen LogP contribution is 2.22. The van der Waals surface area contributed by atoms with Gasteiger partial charge in [-0.05, 0) is 47.0 Å². The number of ether oxygens (including phenoxy) is 1. The molecule has 7 nitrogen and oxygen atoms in total. The predicted molar refractivity (Wildman–Crippen MR) is 91.6 cm³/mol. The Bertz CT molecular complexity index is 358. The smallest absolute Gasteiger partial charge is 0.481 e. The zero-order valence-corrected chi connectivity index (χ0v) is 16.5. The molecule has 0 saturated carbocycles. The second kappa shape index (κ2) is 12.4. The molecule has 0 aromatic carbocycles. The van der Waals surface area contributed by atoms with Crippen molar-refractivity contribution in [2.24, 2.45) is 5.92 Å². The fourth-order valence-electron chi connectivity index (χ4n) is 2.23. The summed E-state index contributed by atoms with van der Waals surface area (Å²) < 4.78 is 22.3. The van der Waals surface area contributed by atoms with E-state index in [1.165, 1.54) is 0 Å². The third-order valence-corrected chi connectivity index (χ3v) is 6.69. The molecule has 0 aliphatic carbocycles. The number of hydrogen-bond donors (Lipinski definition) is 1. The summed E-state index contributed by atoms with van der Waals surface area (Å²) in [6.45, 7) is 10.6. The summed E-state index contributed by atoms with van der Waals surface area (Å²) >= 11 is 0. The van der Waals surface area contributed by atoms with Crippen molar-refractivity contribution in [3.63, 3.8) is 0 Å². The summed E-state index contributed by atoms with van der Waals surface area (Å²) in [6, 6.07) is 0.475. The van der Waals surface area contributed by atoms with E-state index >= 15 is 0 Å². The Labute approximate surface area is 146 Å². The maximum atomic E-state index is 12.0. The topological polar surface area (TPSA) is 91.3 Å². The molecule has 0 radical (unpaired) electrons. The van der Waals surface area contributed by atoms with E-state index in [1.807, 2.05) is 27.7 Å². The van der Waals surface area contributed by atoms with Crippen LogP contribution in [0, 0.1) is 5.92 Å². The number of carbonyl (C=O) groups excluding carboxylic acids is 1. The van der Waals surface area contributed by atoms with Gasteiger partial charge >= 0.3 is 20.7 Å². The maximum Gasteiger partial charge on any atom is 0.500 e. The van der Waals surface area contributed by atoms with Gasteiger partial charge in [-0.3, -0.25) is 9.59 Å². The van der Waals surface area contributed by atoms with E-state index in [0.29, 0.717) is 38.7 Å². The van der Waals surface area contributed by atoms with E-state index in [1.54, 1.807) is 6.92 Å². The fraction of sp³-hybridized carbons (Fsp3) is 0.875. The van der Waals surface area contributed by atoms with Crippen molar-refractivity contribution in [3.05, 3.63) is 0 Å². The summed E-state index contributed by atoms with van der Waals surface area (Å²) in [4.78, 5) is 23.4. The zero-order chi connectivity index (χ0) is 18.6. The van der Waals surface area contributed by atoms with Crippen LogP contribution in [0.15, 0.2) is 0 Å². The fourth-order valence-corrected chi connectivity index (χ4v) is 4.87. The number of carboxylic acid groups (broad SMARTS) is 1. The van der Waals surface area contributed by atoms with Gasteiger partial charge in [0, 0.05) is 25.9 Å². The summed E-state index contributed by atoms with van der Waals surface area (Å²) in [5.41, 5.74) is 0. The molecular formula is C16H32O7Si. The zero-order valence-electron chi connectivity index (χ0n) is 15.5. The average molecular weight is 365 g/mol. The van der Waals surface area contributed by atoms with Crippen molar-refractivity contribution in [1.29, 1.82) is 0 Å². The number of carboxylic acids is 1. The molecule has 8 heteroatoms. The van der Waals surface area contributed by atoms with Gasteiger partial charge in [-0.1, -0.05) is 6.92 Å². The molecule has 142 valence electrons. The van der Waals surface area contributed by atoms with Gasteiger partial charge in [-0.2, -0.15) is 0 Å². The first kappa shape index (κ1) is 23.0. The lowest BCUT2D eigenvalue weighted by atomic mass is 10.0. The molecule has 2 atom stereocenters. The first-order valence-electron chi connectivity index (χ1n) is 8.70. The molecule has 1 N–H and O–H groups in total. The maximum absolute atomic E-state index is 12.0. The predicted octanol–water partition coefficient (Wildman–Crippen LogP) is 2.86. The standard InChI is InChI=1S/C16H32O7Si/c1-6-13(5)23-16(19)14(15(17)18)11-10-12-24(20-7-2,21-8-3)22-9-4/h13-14H,6-12H2,1-5H3,(H,17,18). The molecule has 0 bridgehead atoms. The van der Waals surface area contributed by atoms with Crippen LogP contribution in [0.2, 0.25) is 6.04 Å². The van der Waals surface area contributed by atoms with E-state index < -0.39 is 26.7 Å². The molecule has 0 heterocycles. The molecule has 0 amide bonds. The minimum absolute atomic E-state index is 0.173. The number of carbonyl (C=O) groups is 2. The third-order valence-electron chi connectivity index (χ3n) is 3.54. The summed E-state index contributed by atoms with van der Waals surface area (Å²) in [7, 11) is -2.82. The van der Waals surface area contributed by atoms with E-state index in [-0.39, 0.29) is 12.5 Å². The Morgan fingerprint density at radius 2 is 1.50 bits per heavy atom. The molecule has 0 fully saturated rings. The first-order chi connectivity index (χ1) is 11.4. The van der Waals surface area contributed by atoms with Gasteiger partial charge in [0.15, 0.2) is 5.92 Å². The number of hydrogen-bond acceptors (Lipinski definition) is 6. The molecule has 2 unspecified atom stereocenters. The summed E-state index contributed by atoms with van der Waals surface area (Å²) in [6.07, 6.45) is 0.987. The summed E-state index contributed by atoms with van der Waals surface area (Å²) in [5.74, 6) is -3.02. The van der Waals surface area contributed by atoms with E-state index in [9.17, 15) is 14.7 Å². The molecule has 0 aliphatic rings. The quantitative estimate of drug-likeness (QED) is 0.288. The first-order valence-corrected chi connectivity index (χ1v) is 10.6. The van der Waals surface area contributed by atoms with Crippen LogP contribution < -0.4 is 0 Å². The second-order valence-electron chi connectivity index (χ2n) is 5.42. The van der Waals surface area contributed by atoms with Crippen LogP contribution in [0.25, 0.3) is 0 Å². The van der Waals surface area contributed by atoms with Crippen molar-refractivity contribution in [2.45, 2.75) is 66.0 Å². The highest BCUT2D eigenvalue weighted by molar-refractivity contribution is 6.60. The molecule has 0 aromatic rings. The van der Waals surface area contributed by atoms with Crippen molar-refractivity contribution in [3.8, 4) is 0 Å². The van der Waals surface area contributed by atoms with E-state index in [2.05, 4.69) is 0 Å². The van der Waals surface area contributed by atoms with Gasteiger partial charge in [0.05, 0.1) is 6.10 Å². The number of esters is 1. The molecule has 24 heavy (non-hydrogen) atoms. The summed E-state index contributed by atoms with van der Waals surface area (Å²) in [5, 5.41) is 9.29. The van der Waals surface area contributed by atoms with Crippen molar-refractivity contribution in [1.82, 2.24) is 0 Å². The Morgan fingerprint density at radius 1 is 1.00 bits per heavy atom. The van der Waals surface area contributed by atoms with Crippen LogP contribution in [-0.2, 0) is 27.6 Å². The molecule has 0 aliphatic heterocycles. The lowest BCUT2D eigenvalue weighted by molar-refractivity contribution is -0.162. The Hall–Kier alpha value is -0.963. The highest BCUT2D eigenvalue weighted by atomic mass is 28.4. The second-order valence-corrected chi connectivity index (χ2v) is 8.15. The molecule has 0 aromatic heterocycles. The van der Waals surface area contributed by atoms with Crippen LogP contribution >= 0.6 is 0 Å². The van der Waals surface area contributed by atoms with Gasteiger partial charge in [0.2, 0.25) is 0 Å². The lowest BCUT2D eigenvalue weighted by Crippen LogP contribution is -2.46. The van der Waals surface area contributed by atoms with Gasteiger partial charge in [0.1, 0.15) is 0 Å². The molecule has 0 saturated heterocycles. The number of rotatable bonds is 14. The molecule has 0 rings (SSSR count). The van der Waals surface area contributed by atoms with Gasteiger partial charge in [-0.25, -0.2) is 0 Å². The largest absolute Gasteiger partial charge is 0.500 e. The average Bonchev–Trinajstić information content (AvgIpc) is 2.51. The third kappa shape index (κ3) is 8.23. The SMILES string of the molecule is CCO[Si](CCCC(C(=O)O)C(=O)OC(C)CC)(OCC)OCC. The Balaban J connectivity index is 4.76. The van der Waals surface area contributed by atoms with Crippen LogP contribution in [0.4, 0.5) is 0 Å². The normalized spacial score (nSPS) is 14.2. The van der Waals surface area contributed by atoms with Crippen LogP contribution in [-0.4, -0.2) is 51.8 Å². The molecular weight excluding hydrogens is 332 g/mol. The Morgan fingerprint density at radius 3 is 1.88 bits per heavy atom.